The van der Waals surface area contributed by atoms with Crippen molar-refractivity contribution in [3.05, 3.63) is 29.0 Å². The second-order valence-electron chi connectivity index (χ2n) is 4.65. The predicted molar refractivity (Wildman–Crippen MR) is 67.2 cm³/mol. The lowest BCUT2D eigenvalue weighted by atomic mass is 10.2. The number of pyridine rings is 1. The molecule has 0 saturated carbocycles. The molecule has 94 valence electrons. The van der Waals surface area contributed by atoms with E-state index in [1.165, 1.54) is 0 Å². The molecule has 0 saturated heterocycles. The number of amides is 1. The maximum Gasteiger partial charge on any atom is 0.407 e. The molecule has 0 bridgehead atoms. The molecule has 1 N–H and O–H groups in total. The number of alkyl carbamates (subject to hydrolysis) is 1. The molecule has 1 rings (SSSR count). The normalized spacial score (nSPS) is 11.1. The van der Waals surface area contributed by atoms with Gasteiger partial charge >= 0.3 is 6.09 Å². The monoisotopic (exact) mass is 256 g/mol. The van der Waals surface area contributed by atoms with Crippen molar-refractivity contribution in [3.63, 3.8) is 0 Å². The molecule has 1 aromatic rings. The molecule has 5 heteroatoms. The van der Waals surface area contributed by atoms with Gasteiger partial charge in [-0.3, -0.25) is 4.98 Å². The first-order valence-corrected chi connectivity index (χ1v) is 5.81. The van der Waals surface area contributed by atoms with Gasteiger partial charge in [-0.1, -0.05) is 11.6 Å². The smallest absolute Gasteiger partial charge is 0.407 e. The summed E-state index contributed by atoms with van der Waals surface area (Å²) in [6.07, 6.45) is 3.54. The summed E-state index contributed by atoms with van der Waals surface area (Å²) in [5.41, 5.74) is 0.431. The lowest BCUT2D eigenvalue weighted by Crippen LogP contribution is -2.33. The minimum Gasteiger partial charge on any atom is -0.444 e. The molecule has 0 atom stereocenters. The summed E-state index contributed by atoms with van der Waals surface area (Å²) in [4.78, 5) is 15.3. The Hall–Kier alpha value is -1.29. The fourth-order valence-electron chi connectivity index (χ4n) is 1.21. The lowest BCUT2D eigenvalue weighted by Gasteiger charge is -2.19. The second kappa shape index (κ2) is 5.87. The van der Waals surface area contributed by atoms with Gasteiger partial charge in [-0.05, 0) is 38.8 Å². The molecule has 0 unspecified atom stereocenters. The third-order valence-corrected chi connectivity index (χ3v) is 2.28. The van der Waals surface area contributed by atoms with Gasteiger partial charge < -0.3 is 10.1 Å². The maximum atomic E-state index is 11.4. The number of hydrogen-bond donors (Lipinski definition) is 1. The fourth-order valence-corrected chi connectivity index (χ4v) is 1.41. The summed E-state index contributed by atoms with van der Waals surface area (Å²) in [7, 11) is 0. The Bertz CT molecular complexity index is 388. The molecule has 0 aliphatic rings. The van der Waals surface area contributed by atoms with Crippen LogP contribution in [0.15, 0.2) is 18.5 Å². The first-order valence-electron chi connectivity index (χ1n) is 5.44. The summed E-state index contributed by atoms with van der Waals surface area (Å²) in [5, 5.41) is 3.33. The number of carbonyl (C=O) groups excluding carboxylic acids is 1. The van der Waals surface area contributed by atoms with Crippen molar-refractivity contribution < 1.29 is 9.53 Å². The number of aromatic nitrogens is 1. The molecule has 0 fully saturated rings. The van der Waals surface area contributed by atoms with Crippen LogP contribution in [0.4, 0.5) is 4.79 Å². The number of halogens is 1. The highest BCUT2D eigenvalue weighted by Crippen LogP contribution is 2.13. The maximum absolute atomic E-state index is 11.4. The fraction of sp³-hybridized carbons (Fsp3) is 0.500. The van der Waals surface area contributed by atoms with Gasteiger partial charge in [0.2, 0.25) is 0 Å². The van der Waals surface area contributed by atoms with E-state index in [1.807, 2.05) is 20.8 Å². The van der Waals surface area contributed by atoms with E-state index in [2.05, 4.69) is 10.3 Å². The van der Waals surface area contributed by atoms with E-state index in [4.69, 9.17) is 16.3 Å². The summed E-state index contributed by atoms with van der Waals surface area (Å²) in [5.74, 6) is 0. The van der Waals surface area contributed by atoms with Crippen LogP contribution in [-0.2, 0) is 11.2 Å². The quantitative estimate of drug-likeness (QED) is 0.905. The van der Waals surface area contributed by atoms with E-state index >= 15 is 0 Å². The summed E-state index contributed by atoms with van der Waals surface area (Å²) in [6.45, 7) is 5.94. The molecular formula is C12H17ClN2O2. The highest BCUT2D eigenvalue weighted by molar-refractivity contribution is 6.31. The number of nitrogens with one attached hydrogen (secondary N) is 1. The third-order valence-electron chi connectivity index (χ3n) is 1.91. The van der Waals surface area contributed by atoms with E-state index in [9.17, 15) is 4.79 Å². The Morgan fingerprint density at radius 1 is 1.53 bits per heavy atom. The SMILES string of the molecule is CC(C)(C)OC(=O)NCCc1cnccc1Cl. The van der Waals surface area contributed by atoms with Gasteiger partial charge in [0.05, 0.1) is 0 Å². The number of nitrogens with zero attached hydrogens (tertiary/aromatic N) is 1. The summed E-state index contributed by atoms with van der Waals surface area (Å²) >= 11 is 5.96. The average molecular weight is 257 g/mol. The van der Waals surface area contributed by atoms with Crippen LogP contribution in [0.2, 0.25) is 5.02 Å². The molecule has 4 nitrogen and oxygen atoms in total. The van der Waals surface area contributed by atoms with Crippen LogP contribution in [0.25, 0.3) is 0 Å². The molecule has 1 aromatic heterocycles. The number of carbonyl (C=O) groups is 1. The largest absolute Gasteiger partial charge is 0.444 e. The number of rotatable bonds is 3. The third kappa shape index (κ3) is 5.54. The van der Waals surface area contributed by atoms with Crippen LogP contribution in [0.5, 0.6) is 0 Å². The van der Waals surface area contributed by atoms with Crippen molar-refractivity contribution in [1.29, 1.82) is 0 Å². The van der Waals surface area contributed by atoms with Gasteiger partial charge in [-0.15, -0.1) is 0 Å². The molecule has 0 aliphatic heterocycles. The molecule has 0 spiro atoms. The average Bonchev–Trinajstić information content (AvgIpc) is 2.18. The number of ether oxygens (including phenoxy) is 1. The van der Waals surface area contributed by atoms with E-state index in [0.29, 0.717) is 18.0 Å². The molecule has 0 aromatic carbocycles. The highest BCUT2D eigenvalue weighted by atomic mass is 35.5. The van der Waals surface area contributed by atoms with E-state index < -0.39 is 11.7 Å². The van der Waals surface area contributed by atoms with Crippen LogP contribution in [0.1, 0.15) is 26.3 Å². The first kappa shape index (κ1) is 13.8. The van der Waals surface area contributed by atoms with Crippen molar-refractivity contribution in [2.45, 2.75) is 32.8 Å². The van der Waals surface area contributed by atoms with Gasteiger partial charge in [0.25, 0.3) is 0 Å². The second-order valence-corrected chi connectivity index (χ2v) is 5.05. The Morgan fingerprint density at radius 3 is 2.82 bits per heavy atom. The molecule has 1 amide bonds. The van der Waals surface area contributed by atoms with Crippen molar-refractivity contribution >= 4 is 17.7 Å². The molecule has 0 radical (unpaired) electrons. The molecule has 17 heavy (non-hydrogen) atoms. The van der Waals surface area contributed by atoms with E-state index in [-0.39, 0.29) is 0 Å². The first-order chi connectivity index (χ1) is 7.88. The number of hydrogen-bond acceptors (Lipinski definition) is 3. The van der Waals surface area contributed by atoms with E-state index in [1.54, 1.807) is 18.5 Å². The minimum atomic E-state index is -0.476. The van der Waals surface area contributed by atoms with Crippen molar-refractivity contribution in [2.24, 2.45) is 0 Å². The van der Waals surface area contributed by atoms with Crippen LogP contribution in [0.3, 0.4) is 0 Å². The Morgan fingerprint density at radius 2 is 2.24 bits per heavy atom. The lowest BCUT2D eigenvalue weighted by molar-refractivity contribution is 0.0528. The van der Waals surface area contributed by atoms with Gasteiger partial charge in [0.1, 0.15) is 5.60 Å². The van der Waals surface area contributed by atoms with Gasteiger partial charge in [-0.2, -0.15) is 0 Å². The molecular weight excluding hydrogens is 240 g/mol. The van der Waals surface area contributed by atoms with Gasteiger partial charge in [-0.25, -0.2) is 4.79 Å². The Kier molecular flexibility index (Phi) is 4.75. The van der Waals surface area contributed by atoms with E-state index in [0.717, 1.165) is 5.56 Å². The van der Waals surface area contributed by atoms with Crippen LogP contribution in [-0.4, -0.2) is 23.2 Å². The van der Waals surface area contributed by atoms with Crippen LogP contribution >= 0.6 is 11.6 Å². The highest BCUT2D eigenvalue weighted by Gasteiger charge is 2.15. The topological polar surface area (TPSA) is 51.2 Å². The molecule has 1 heterocycles. The summed E-state index contributed by atoms with van der Waals surface area (Å²) in [6, 6.07) is 1.73. The van der Waals surface area contributed by atoms with Crippen molar-refractivity contribution in [2.75, 3.05) is 6.54 Å². The predicted octanol–water partition coefficient (Wildman–Crippen LogP) is 2.80. The van der Waals surface area contributed by atoms with Gasteiger partial charge in [0, 0.05) is 24.0 Å². The Balaban J connectivity index is 2.34. The van der Waals surface area contributed by atoms with Gasteiger partial charge in [0.15, 0.2) is 0 Å². The minimum absolute atomic E-state index is 0.419. The van der Waals surface area contributed by atoms with Crippen molar-refractivity contribution in [1.82, 2.24) is 10.3 Å². The zero-order valence-corrected chi connectivity index (χ0v) is 11.0. The standard InChI is InChI=1S/C12H17ClN2O2/c1-12(2,3)17-11(16)15-7-4-9-8-14-6-5-10(9)13/h5-6,8H,4,7H2,1-3H3,(H,15,16). The Labute approximate surface area is 106 Å². The molecule has 0 aliphatic carbocycles. The van der Waals surface area contributed by atoms with Crippen LogP contribution in [0, 0.1) is 0 Å². The zero-order valence-electron chi connectivity index (χ0n) is 10.3. The van der Waals surface area contributed by atoms with Crippen molar-refractivity contribution in [3.8, 4) is 0 Å². The zero-order chi connectivity index (χ0) is 12.9. The van der Waals surface area contributed by atoms with Crippen LogP contribution < -0.4 is 5.32 Å². The summed E-state index contributed by atoms with van der Waals surface area (Å²) < 4.78 is 5.11.